The average molecular weight is 273 g/mol. The van der Waals surface area contributed by atoms with Crippen molar-refractivity contribution in [2.75, 3.05) is 25.0 Å². The molecule has 1 amide bonds. The van der Waals surface area contributed by atoms with Crippen molar-refractivity contribution >= 4 is 11.6 Å². The maximum absolute atomic E-state index is 12.5. The van der Waals surface area contributed by atoms with Gasteiger partial charge in [0, 0.05) is 37.9 Å². The first-order chi connectivity index (χ1) is 9.65. The van der Waals surface area contributed by atoms with Gasteiger partial charge in [-0.05, 0) is 31.4 Å². The molecule has 0 saturated heterocycles. The van der Waals surface area contributed by atoms with E-state index in [1.807, 2.05) is 11.0 Å². The number of nitrogens with one attached hydrogen (secondary N) is 1. The molecule has 1 aliphatic heterocycles. The summed E-state index contributed by atoms with van der Waals surface area (Å²) in [6.07, 6.45) is 2.43. The van der Waals surface area contributed by atoms with E-state index in [-0.39, 0.29) is 11.9 Å². The Hall–Kier alpha value is -1.55. The van der Waals surface area contributed by atoms with Gasteiger partial charge in [-0.2, -0.15) is 0 Å². The number of amides is 1. The Kier molecular flexibility index (Phi) is 3.66. The maximum atomic E-state index is 12.5. The summed E-state index contributed by atoms with van der Waals surface area (Å²) >= 11 is 0. The van der Waals surface area contributed by atoms with Crippen molar-refractivity contribution in [2.24, 2.45) is 0 Å². The number of para-hydroxylation sites is 1. The Morgan fingerprint density at radius 1 is 1.35 bits per heavy atom. The normalized spacial score (nSPS) is 22.4. The molecule has 20 heavy (non-hydrogen) atoms. The first kappa shape index (κ1) is 13.4. The van der Waals surface area contributed by atoms with Gasteiger partial charge in [0.15, 0.2) is 0 Å². The van der Waals surface area contributed by atoms with Crippen LogP contribution in [0.5, 0.6) is 0 Å². The lowest BCUT2D eigenvalue weighted by Gasteiger charge is -2.28. The number of carbonyl (C=O) groups is 1. The van der Waals surface area contributed by atoms with Gasteiger partial charge in [-0.1, -0.05) is 18.2 Å². The minimum atomic E-state index is 0.217. The molecule has 1 aromatic rings. The van der Waals surface area contributed by atoms with Gasteiger partial charge in [-0.25, -0.2) is 0 Å². The predicted molar refractivity (Wildman–Crippen MR) is 80.7 cm³/mol. The molecule has 0 bridgehead atoms. The van der Waals surface area contributed by atoms with E-state index in [0.717, 1.165) is 6.54 Å². The standard InChI is InChI=1S/C16H23N3O/c1-12-10-18(2)15-6-4-3-5-13(15)11-19(12)16(20)9-17-14-7-8-14/h3-6,12,14,17H,7-11H2,1-2H3/t12-/m1/s1. The van der Waals surface area contributed by atoms with E-state index < -0.39 is 0 Å². The molecule has 1 heterocycles. The van der Waals surface area contributed by atoms with Crippen LogP contribution in [-0.4, -0.2) is 43.0 Å². The summed E-state index contributed by atoms with van der Waals surface area (Å²) in [5, 5.41) is 3.32. The number of fused-ring (bicyclic) bond motifs is 1. The highest BCUT2D eigenvalue weighted by molar-refractivity contribution is 5.79. The molecule has 1 fully saturated rings. The number of hydrogen-bond donors (Lipinski definition) is 1. The van der Waals surface area contributed by atoms with E-state index >= 15 is 0 Å². The Balaban J connectivity index is 1.75. The number of carbonyl (C=O) groups excluding carboxylic acids is 1. The van der Waals surface area contributed by atoms with Crippen LogP contribution in [0.1, 0.15) is 25.3 Å². The third kappa shape index (κ3) is 2.80. The fourth-order valence-corrected chi connectivity index (χ4v) is 2.90. The highest BCUT2D eigenvalue weighted by Crippen LogP contribution is 2.26. The second kappa shape index (κ2) is 5.44. The molecule has 1 atom stereocenters. The van der Waals surface area contributed by atoms with E-state index in [2.05, 4.69) is 42.4 Å². The summed E-state index contributed by atoms with van der Waals surface area (Å²) in [4.78, 5) is 16.7. The van der Waals surface area contributed by atoms with Crippen LogP contribution in [0.3, 0.4) is 0 Å². The summed E-state index contributed by atoms with van der Waals surface area (Å²) in [5.41, 5.74) is 2.48. The molecule has 4 nitrogen and oxygen atoms in total. The van der Waals surface area contributed by atoms with Gasteiger partial charge in [-0.3, -0.25) is 4.79 Å². The van der Waals surface area contributed by atoms with Crippen LogP contribution in [0.15, 0.2) is 24.3 Å². The summed E-state index contributed by atoms with van der Waals surface area (Å²) < 4.78 is 0. The third-order valence-electron chi connectivity index (χ3n) is 4.25. The number of anilines is 1. The second-order valence-electron chi connectivity index (χ2n) is 6.04. The van der Waals surface area contributed by atoms with Crippen molar-refractivity contribution in [3.8, 4) is 0 Å². The van der Waals surface area contributed by atoms with Crippen molar-refractivity contribution in [1.82, 2.24) is 10.2 Å². The zero-order valence-corrected chi connectivity index (χ0v) is 12.3. The summed E-state index contributed by atoms with van der Waals surface area (Å²) in [6.45, 7) is 4.21. The smallest absolute Gasteiger partial charge is 0.237 e. The van der Waals surface area contributed by atoms with Crippen LogP contribution >= 0.6 is 0 Å². The number of hydrogen-bond acceptors (Lipinski definition) is 3. The molecule has 1 saturated carbocycles. The molecule has 3 rings (SSSR count). The van der Waals surface area contributed by atoms with Crippen molar-refractivity contribution in [1.29, 1.82) is 0 Å². The first-order valence-electron chi connectivity index (χ1n) is 7.47. The second-order valence-corrected chi connectivity index (χ2v) is 6.04. The molecule has 1 aromatic carbocycles. The minimum Gasteiger partial charge on any atom is -0.372 e. The molecule has 1 N–H and O–H groups in total. The van der Waals surface area contributed by atoms with Crippen LogP contribution in [0.2, 0.25) is 0 Å². The van der Waals surface area contributed by atoms with Gasteiger partial charge in [-0.15, -0.1) is 0 Å². The van der Waals surface area contributed by atoms with Crippen LogP contribution in [0.25, 0.3) is 0 Å². The van der Waals surface area contributed by atoms with Crippen LogP contribution in [0, 0.1) is 0 Å². The molecule has 0 unspecified atom stereocenters. The Morgan fingerprint density at radius 2 is 2.10 bits per heavy atom. The minimum absolute atomic E-state index is 0.217. The SMILES string of the molecule is C[C@@H]1CN(C)c2ccccc2CN1C(=O)CNC1CC1. The van der Waals surface area contributed by atoms with Gasteiger partial charge in [0.25, 0.3) is 0 Å². The molecule has 108 valence electrons. The van der Waals surface area contributed by atoms with E-state index in [0.29, 0.717) is 19.1 Å². The van der Waals surface area contributed by atoms with E-state index in [1.54, 1.807) is 0 Å². The molecule has 1 aliphatic carbocycles. The summed E-state index contributed by atoms with van der Waals surface area (Å²) in [6, 6.07) is 9.19. The largest absolute Gasteiger partial charge is 0.372 e. The summed E-state index contributed by atoms with van der Waals surface area (Å²) in [7, 11) is 2.10. The van der Waals surface area contributed by atoms with Crippen LogP contribution < -0.4 is 10.2 Å². The number of benzene rings is 1. The fourth-order valence-electron chi connectivity index (χ4n) is 2.90. The zero-order chi connectivity index (χ0) is 14.1. The Labute approximate surface area is 120 Å². The molecular formula is C16H23N3O. The molecule has 0 spiro atoms. The number of likely N-dealkylation sites (N-methyl/N-ethyl adjacent to an activating group) is 1. The van der Waals surface area contributed by atoms with E-state index in [1.165, 1.54) is 24.1 Å². The number of rotatable bonds is 3. The van der Waals surface area contributed by atoms with E-state index in [4.69, 9.17) is 0 Å². The van der Waals surface area contributed by atoms with Crippen molar-refractivity contribution in [2.45, 2.75) is 38.4 Å². The molecule has 2 aliphatic rings. The lowest BCUT2D eigenvalue weighted by molar-refractivity contribution is -0.132. The van der Waals surface area contributed by atoms with E-state index in [9.17, 15) is 4.79 Å². The fraction of sp³-hybridized carbons (Fsp3) is 0.562. The quantitative estimate of drug-likeness (QED) is 0.909. The van der Waals surface area contributed by atoms with Gasteiger partial charge >= 0.3 is 0 Å². The zero-order valence-electron chi connectivity index (χ0n) is 12.3. The highest BCUT2D eigenvalue weighted by Gasteiger charge is 2.28. The third-order valence-corrected chi connectivity index (χ3v) is 4.25. The van der Waals surface area contributed by atoms with Crippen molar-refractivity contribution in [3.63, 3.8) is 0 Å². The average Bonchev–Trinajstić information content (AvgIpc) is 3.26. The Bertz CT molecular complexity index is 498. The van der Waals surface area contributed by atoms with Crippen LogP contribution in [0.4, 0.5) is 5.69 Å². The molecule has 0 radical (unpaired) electrons. The highest BCUT2D eigenvalue weighted by atomic mass is 16.2. The predicted octanol–water partition coefficient (Wildman–Crippen LogP) is 1.61. The van der Waals surface area contributed by atoms with Crippen LogP contribution in [-0.2, 0) is 11.3 Å². The molecular weight excluding hydrogens is 250 g/mol. The molecule has 0 aromatic heterocycles. The topological polar surface area (TPSA) is 35.6 Å². The Morgan fingerprint density at radius 3 is 2.85 bits per heavy atom. The van der Waals surface area contributed by atoms with Gasteiger partial charge in [0.1, 0.15) is 0 Å². The number of nitrogens with zero attached hydrogens (tertiary/aromatic N) is 2. The molecule has 4 heteroatoms. The maximum Gasteiger partial charge on any atom is 0.237 e. The lowest BCUT2D eigenvalue weighted by atomic mass is 10.1. The first-order valence-corrected chi connectivity index (χ1v) is 7.47. The summed E-state index contributed by atoms with van der Waals surface area (Å²) in [5.74, 6) is 0.217. The lowest BCUT2D eigenvalue weighted by Crippen LogP contribution is -2.45. The van der Waals surface area contributed by atoms with Gasteiger partial charge < -0.3 is 15.1 Å². The van der Waals surface area contributed by atoms with Crippen molar-refractivity contribution < 1.29 is 4.79 Å². The van der Waals surface area contributed by atoms with Gasteiger partial charge in [0.2, 0.25) is 5.91 Å². The van der Waals surface area contributed by atoms with Crippen molar-refractivity contribution in [3.05, 3.63) is 29.8 Å². The monoisotopic (exact) mass is 273 g/mol. The van der Waals surface area contributed by atoms with Gasteiger partial charge in [0.05, 0.1) is 6.54 Å².